The first-order valence-electron chi connectivity index (χ1n) is 8.60. The third-order valence-electron chi connectivity index (χ3n) is 4.67. The largest absolute Gasteiger partial charge is 0.497 e. The normalized spacial score (nSPS) is 13.6. The lowest BCUT2D eigenvalue weighted by molar-refractivity contribution is 0.413. The highest BCUT2D eigenvalue weighted by Gasteiger charge is 2.15. The van der Waals surface area contributed by atoms with Gasteiger partial charge in [-0.1, -0.05) is 61.5 Å². The molecule has 1 unspecified atom stereocenters. The molecule has 0 aliphatic heterocycles. The molecule has 3 aromatic carbocycles. The van der Waals surface area contributed by atoms with Crippen LogP contribution in [-0.2, 0) is 0 Å². The Morgan fingerprint density at radius 2 is 1.62 bits per heavy atom. The molecule has 0 spiro atoms. The fourth-order valence-corrected chi connectivity index (χ4v) is 3.31. The Hall–Kier alpha value is -2.32. The molecule has 0 aliphatic carbocycles. The van der Waals surface area contributed by atoms with Crippen LogP contribution in [0.2, 0.25) is 0 Å². The summed E-state index contributed by atoms with van der Waals surface area (Å²) in [5.74, 6) is 0.899. The molecular weight excluding hydrogens is 294 g/mol. The number of ether oxygens (including phenoxy) is 1. The van der Waals surface area contributed by atoms with E-state index in [0.717, 1.165) is 12.2 Å². The summed E-state index contributed by atoms with van der Waals surface area (Å²) >= 11 is 0. The van der Waals surface area contributed by atoms with Gasteiger partial charge in [-0.25, -0.2) is 0 Å². The molecular formula is C22H25NO. The Kier molecular flexibility index (Phi) is 5.17. The van der Waals surface area contributed by atoms with Gasteiger partial charge in [-0.3, -0.25) is 0 Å². The summed E-state index contributed by atoms with van der Waals surface area (Å²) in [5, 5.41) is 6.40. The zero-order valence-corrected chi connectivity index (χ0v) is 14.6. The van der Waals surface area contributed by atoms with Gasteiger partial charge in [0, 0.05) is 12.1 Å². The minimum Gasteiger partial charge on any atom is -0.497 e. The number of methoxy groups -OCH3 is 1. The van der Waals surface area contributed by atoms with Crippen molar-refractivity contribution in [2.45, 2.75) is 32.4 Å². The van der Waals surface area contributed by atoms with E-state index in [1.54, 1.807) is 7.11 Å². The lowest BCUT2D eigenvalue weighted by atomic mass is 9.97. The Bertz CT molecular complexity index is 789. The second-order valence-corrected chi connectivity index (χ2v) is 6.19. The van der Waals surface area contributed by atoms with Crippen molar-refractivity contribution in [3.05, 3.63) is 77.9 Å². The molecule has 0 bridgehead atoms. The molecule has 0 heterocycles. The lowest BCUT2D eigenvalue weighted by Crippen LogP contribution is -2.24. The molecule has 0 fully saturated rings. The molecule has 0 saturated carbocycles. The van der Waals surface area contributed by atoms with E-state index in [9.17, 15) is 0 Å². The standard InChI is InChI=1S/C22H25NO/c1-4-22(18-12-14-19(24-3)15-13-18)23-16(2)20-11-7-9-17-8-5-6-10-21(17)20/h5-16,22-23H,4H2,1-3H3/t16-,22?/m1/s1. The summed E-state index contributed by atoms with van der Waals surface area (Å²) in [6.45, 7) is 4.46. The molecule has 0 aromatic heterocycles. The van der Waals surface area contributed by atoms with Gasteiger partial charge in [0.05, 0.1) is 7.11 Å². The van der Waals surface area contributed by atoms with E-state index < -0.39 is 0 Å². The molecule has 24 heavy (non-hydrogen) atoms. The number of nitrogens with one attached hydrogen (secondary N) is 1. The van der Waals surface area contributed by atoms with Crippen LogP contribution in [0.25, 0.3) is 10.8 Å². The fraction of sp³-hybridized carbons (Fsp3) is 0.273. The number of hydrogen-bond acceptors (Lipinski definition) is 2. The quantitative estimate of drug-likeness (QED) is 0.634. The first kappa shape index (κ1) is 16.5. The van der Waals surface area contributed by atoms with E-state index in [1.165, 1.54) is 21.9 Å². The third-order valence-corrected chi connectivity index (χ3v) is 4.67. The number of hydrogen-bond donors (Lipinski definition) is 1. The van der Waals surface area contributed by atoms with Crippen LogP contribution in [0.1, 0.15) is 43.5 Å². The SMILES string of the molecule is CCC(N[C@H](C)c1cccc2ccccc12)c1ccc(OC)cc1. The zero-order valence-electron chi connectivity index (χ0n) is 14.6. The van der Waals surface area contributed by atoms with E-state index >= 15 is 0 Å². The topological polar surface area (TPSA) is 21.3 Å². The van der Waals surface area contributed by atoms with E-state index in [1.807, 2.05) is 12.1 Å². The number of benzene rings is 3. The van der Waals surface area contributed by atoms with Crippen LogP contribution >= 0.6 is 0 Å². The summed E-state index contributed by atoms with van der Waals surface area (Å²) in [4.78, 5) is 0. The van der Waals surface area contributed by atoms with Crippen molar-refractivity contribution in [2.75, 3.05) is 7.11 Å². The summed E-state index contributed by atoms with van der Waals surface area (Å²) in [6.07, 6.45) is 1.04. The average molecular weight is 319 g/mol. The number of rotatable bonds is 6. The monoisotopic (exact) mass is 319 g/mol. The molecule has 2 atom stereocenters. The maximum Gasteiger partial charge on any atom is 0.118 e. The smallest absolute Gasteiger partial charge is 0.118 e. The van der Waals surface area contributed by atoms with E-state index in [4.69, 9.17) is 4.74 Å². The second-order valence-electron chi connectivity index (χ2n) is 6.19. The van der Waals surface area contributed by atoms with Crippen molar-refractivity contribution in [1.29, 1.82) is 0 Å². The molecule has 0 radical (unpaired) electrons. The van der Waals surface area contributed by atoms with Crippen molar-refractivity contribution in [2.24, 2.45) is 0 Å². The minimum absolute atomic E-state index is 0.281. The van der Waals surface area contributed by atoms with Crippen LogP contribution in [0.5, 0.6) is 5.75 Å². The molecule has 3 aromatic rings. The van der Waals surface area contributed by atoms with Crippen LogP contribution in [0.15, 0.2) is 66.7 Å². The Balaban J connectivity index is 1.84. The minimum atomic E-state index is 0.281. The van der Waals surface area contributed by atoms with Crippen LogP contribution in [0.4, 0.5) is 0 Å². The second kappa shape index (κ2) is 7.50. The highest BCUT2D eigenvalue weighted by molar-refractivity contribution is 5.86. The number of fused-ring (bicyclic) bond motifs is 1. The van der Waals surface area contributed by atoms with Crippen LogP contribution in [-0.4, -0.2) is 7.11 Å². The molecule has 3 rings (SSSR count). The van der Waals surface area contributed by atoms with Crippen LogP contribution < -0.4 is 10.1 Å². The van der Waals surface area contributed by atoms with Crippen molar-refractivity contribution >= 4 is 10.8 Å². The molecule has 0 saturated heterocycles. The van der Waals surface area contributed by atoms with Crippen molar-refractivity contribution in [3.8, 4) is 5.75 Å². The Morgan fingerprint density at radius 1 is 0.917 bits per heavy atom. The molecule has 2 heteroatoms. The maximum absolute atomic E-state index is 5.26. The highest BCUT2D eigenvalue weighted by atomic mass is 16.5. The predicted molar refractivity (Wildman–Crippen MR) is 102 cm³/mol. The first-order chi connectivity index (χ1) is 11.7. The van der Waals surface area contributed by atoms with Crippen LogP contribution in [0.3, 0.4) is 0 Å². The van der Waals surface area contributed by atoms with Crippen molar-refractivity contribution in [1.82, 2.24) is 5.32 Å². The zero-order chi connectivity index (χ0) is 16.9. The van der Waals surface area contributed by atoms with Crippen LogP contribution in [0, 0.1) is 0 Å². The van der Waals surface area contributed by atoms with Gasteiger partial charge in [0.15, 0.2) is 0 Å². The summed E-state index contributed by atoms with van der Waals surface area (Å²) in [6, 6.07) is 24.1. The van der Waals surface area contributed by atoms with Gasteiger partial charge < -0.3 is 10.1 Å². The molecule has 1 N–H and O–H groups in total. The summed E-state index contributed by atoms with van der Waals surface area (Å²) < 4.78 is 5.26. The first-order valence-corrected chi connectivity index (χ1v) is 8.60. The van der Waals surface area contributed by atoms with E-state index in [0.29, 0.717) is 6.04 Å². The van der Waals surface area contributed by atoms with Gasteiger partial charge in [-0.05, 0) is 47.4 Å². The molecule has 124 valence electrons. The van der Waals surface area contributed by atoms with E-state index in [-0.39, 0.29) is 6.04 Å². The van der Waals surface area contributed by atoms with Gasteiger partial charge >= 0.3 is 0 Å². The predicted octanol–water partition coefficient (Wildman–Crippen LogP) is 5.65. The Labute approximate surface area is 144 Å². The van der Waals surface area contributed by atoms with Gasteiger partial charge in [0.25, 0.3) is 0 Å². The van der Waals surface area contributed by atoms with Gasteiger partial charge in [0.1, 0.15) is 5.75 Å². The summed E-state index contributed by atoms with van der Waals surface area (Å²) in [7, 11) is 1.70. The Morgan fingerprint density at radius 3 is 2.33 bits per heavy atom. The van der Waals surface area contributed by atoms with Gasteiger partial charge in [0.2, 0.25) is 0 Å². The fourth-order valence-electron chi connectivity index (χ4n) is 3.31. The third kappa shape index (κ3) is 3.44. The molecule has 2 nitrogen and oxygen atoms in total. The summed E-state index contributed by atoms with van der Waals surface area (Å²) in [5.41, 5.74) is 2.64. The lowest BCUT2D eigenvalue weighted by Gasteiger charge is -2.24. The van der Waals surface area contributed by atoms with Crippen molar-refractivity contribution in [3.63, 3.8) is 0 Å². The van der Waals surface area contributed by atoms with E-state index in [2.05, 4.69) is 73.8 Å². The highest BCUT2D eigenvalue weighted by Crippen LogP contribution is 2.28. The molecule has 0 amide bonds. The van der Waals surface area contributed by atoms with Gasteiger partial charge in [-0.2, -0.15) is 0 Å². The van der Waals surface area contributed by atoms with Crippen molar-refractivity contribution < 1.29 is 4.74 Å². The van der Waals surface area contributed by atoms with Gasteiger partial charge in [-0.15, -0.1) is 0 Å². The maximum atomic E-state index is 5.26. The molecule has 0 aliphatic rings. The average Bonchev–Trinajstić information content (AvgIpc) is 2.65.